The number of thiophene rings is 1. The topological polar surface area (TPSA) is 44.7 Å². The fraction of sp³-hybridized carbons (Fsp3) is 0.455. The van der Waals surface area contributed by atoms with Crippen molar-refractivity contribution in [3.05, 3.63) is 20.8 Å². The number of nitrogens with zero attached hydrogens (tertiary/aromatic N) is 2. The van der Waals surface area contributed by atoms with Crippen molar-refractivity contribution < 1.29 is 4.79 Å². The van der Waals surface area contributed by atoms with E-state index in [-0.39, 0.29) is 5.91 Å². The Bertz CT molecular complexity index is 430. The van der Waals surface area contributed by atoms with Crippen LogP contribution < -0.4 is 5.43 Å². The van der Waals surface area contributed by atoms with Crippen molar-refractivity contribution in [3.8, 4) is 0 Å². The van der Waals surface area contributed by atoms with E-state index in [9.17, 15) is 4.79 Å². The summed E-state index contributed by atoms with van der Waals surface area (Å²) in [5.41, 5.74) is 2.56. The molecule has 2 rings (SSSR count). The van der Waals surface area contributed by atoms with Gasteiger partial charge in [0.2, 0.25) is 0 Å². The summed E-state index contributed by atoms with van der Waals surface area (Å²) in [6.07, 6.45) is 1.67. The quantitative estimate of drug-likeness (QED) is 0.669. The largest absolute Gasteiger partial charge is 0.293 e. The Hall–Kier alpha value is -0.370. The lowest BCUT2D eigenvalue weighted by Gasteiger charge is -2.24. The molecule has 1 aromatic heterocycles. The predicted octanol–water partition coefficient (Wildman–Crippen LogP) is 2.01. The molecule has 0 radical (unpaired) electrons. The minimum Gasteiger partial charge on any atom is -0.293 e. The Morgan fingerprint density at radius 3 is 3.00 bits per heavy atom. The van der Waals surface area contributed by atoms with E-state index < -0.39 is 0 Å². The maximum absolute atomic E-state index is 11.6. The summed E-state index contributed by atoms with van der Waals surface area (Å²) in [6.45, 7) is 2.41. The molecule has 1 aliphatic rings. The van der Waals surface area contributed by atoms with Gasteiger partial charge >= 0.3 is 0 Å². The summed E-state index contributed by atoms with van der Waals surface area (Å²) in [4.78, 5) is 14.8. The maximum atomic E-state index is 11.6. The first-order valence-corrected chi connectivity index (χ1v) is 8.43. The molecule has 18 heavy (non-hydrogen) atoms. The van der Waals surface area contributed by atoms with Crippen molar-refractivity contribution in [2.75, 3.05) is 31.1 Å². The fourth-order valence-electron chi connectivity index (χ4n) is 1.56. The number of rotatable bonds is 4. The second-order valence-electron chi connectivity index (χ2n) is 3.85. The van der Waals surface area contributed by atoms with Crippen LogP contribution in [0.2, 0.25) is 0 Å². The average molecular weight is 348 g/mol. The van der Waals surface area contributed by atoms with Crippen molar-refractivity contribution in [3.63, 3.8) is 0 Å². The van der Waals surface area contributed by atoms with Crippen LogP contribution in [0.1, 0.15) is 4.88 Å². The van der Waals surface area contributed by atoms with Gasteiger partial charge in [0.1, 0.15) is 0 Å². The van der Waals surface area contributed by atoms with Crippen molar-refractivity contribution in [2.24, 2.45) is 5.10 Å². The lowest BCUT2D eigenvalue weighted by Crippen LogP contribution is -2.40. The molecule has 0 atom stereocenters. The summed E-state index contributed by atoms with van der Waals surface area (Å²) in [7, 11) is 0. The van der Waals surface area contributed by atoms with E-state index in [2.05, 4.69) is 31.4 Å². The number of carbonyl (C=O) groups excluding carboxylic acids is 1. The SMILES string of the molecule is O=C(CN1CCSCC1)N/N=C/c1cc(Br)cs1. The van der Waals surface area contributed by atoms with E-state index >= 15 is 0 Å². The van der Waals surface area contributed by atoms with Crippen molar-refractivity contribution >= 4 is 51.2 Å². The van der Waals surface area contributed by atoms with Gasteiger partial charge in [-0.1, -0.05) is 0 Å². The van der Waals surface area contributed by atoms with Crippen LogP contribution in [0.3, 0.4) is 0 Å². The molecule has 1 amide bonds. The lowest BCUT2D eigenvalue weighted by atomic mass is 10.4. The first-order valence-electron chi connectivity index (χ1n) is 5.60. The zero-order valence-corrected chi connectivity index (χ0v) is 13.0. The maximum Gasteiger partial charge on any atom is 0.254 e. The lowest BCUT2D eigenvalue weighted by molar-refractivity contribution is -0.122. The molecule has 1 saturated heterocycles. The standard InChI is InChI=1S/C11H14BrN3OS2/c12-9-5-10(18-8-9)6-13-14-11(16)7-15-1-3-17-4-2-15/h5-6,8H,1-4,7H2,(H,14,16)/b13-6+. The fourth-order valence-corrected chi connectivity index (χ4v) is 3.84. The van der Waals surface area contributed by atoms with E-state index in [1.165, 1.54) is 0 Å². The van der Waals surface area contributed by atoms with E-state index in [1.54, 1.807) is 17.6 Å². The van der Waals surface area contributed by atoms with Gasteiger partial charge in [0.25, 0.3) is 5.91 Å². The smallest absolute Gasteiger partial charge is 0.254 e. The summed E-state index contributed by atoms with van der Waals surface area (Å²) < 4.78 is 1.03. The molecule has 98 valence electrons. The number of nitrogens with one attached hydrogen (secondary N) is 1. The van der Waals surface area contributed by atoms with Crippen LogP contribution in [0, 0.1) is 0 Å². The first kappa shape index (κ1) is 14.0. The zero-order chi connectivity index (χ0) is 12.8. The molecule has 1 fully saturated rings. The van der Waals surface area contributed by atoms with Crippen molar-refractivity contribution in [2.45, 2.75) is 0 Å². The molecule has 1 aromatic rings. The number of halogens is 1. The van der Waals surface area contributed by atoms with Gasteiger partial charge in [-0.15, -0.1) is 11.3 Å². The van der Waals surface area contributed by atoms with Crippen LogP contribution in [-0.4, -0.2) is 48.2 Å². The second-order valence-corrected chi connectivity index (χ2v) is 6.93. The normalized spacial score (nSPS) is 17.2. The molecule has 0 aliphatic carbocycles. The molecule has 0 bridgehead atoms. The summed E-state index contributed by atoms with van der Waals surface area (Å²) in [5.74, 6) is 2.17. The molecule has 0 aromatic carbocycles. The number of amides is 1. The van der Waals surface area contributed by atoms with Gasteiger partial charge in [0.15, 0.2) is 0 Å². The molecule has 2 heterocycles. The third-order valence-electron chi connectivity index (χ3n) is 2.44. The average Bonchev–Trinajstić information content (AvgIpc) is 2.76. The summed E-state index contributed by atoms with van der Waals surface area (Å²) in [5, 5.41) is 5.93. The number of thioether (sulfide) groups is 1. The third-order valence-corrected chi connectivity index (χ3v) is 5.01. The van der Waals surface area contributed by atoms with Gasteiger partial charge in [-0.05, 0) is 22.0 Å². The minimum atomic E-state index is -0.0474. The Labute approximate surface area is 123 Å². The Balaban J connectivity index is 1.72. The van der Waals surface area contributed by atoms with Crippen LogP contribution in [-0.2, 0) is 4.79 Å². The molecule has 7 heteroatoms. The zero-order valence-electron chi connectivity index (χ0n) is 9.76. The summed E-state index contributed by atoms with van der Waals surface area (Å²) >= 11 is 6.88. The number of carbonyl (C=O) groups is 1. The highest BCUT2D eigenvalue weighted by atomic mass is 79.9. The number of hydrogen-bond donors (Lipinski definition) is 1. The minimum absolute atomic E-state index is 0.0474. The van der Waals surface area contributed by atoms with E-state index in [1.807, 2.05) is 23.2 Å². The second kappa shape index (κ2) is 7.28. The molecular weight excluding hydrogens is 334 g/mol. The van der Waals surface area contributed by atoms with Crippen molar-refractivity contribution in [1.29, 1.82) is 0 Å². The van der Waals surface area contributed by atoms with Gasteiger partial charge in [0, 0.05) is 39.3 Å². The van der Waals surface area contributed by atoms with E-state index in [0.717, 1.165) is 33.9 Å². The molecule has 0 saturated carbocycles. The highest BCUT2D eigenvalue weighted by Gasteiger charge is 2.13. The van der Waals surface area contributed by atoms with Gasteiger partial charge < -0.3 is 0 Å². The first-order chi connectivity index (χ1) is 8.74. The Morgan fingerprint density at radius 2 is 2.33 bits per heavy atom. The number of hydrazone groups is 1. The van der Waals surface area contributed by atoms with Gasteiger partial charge in [-0.2, -0.15) is 16.9 Å². The molecule has 0 spiro atoms. The highest BCUT2D eigenvalue weighted by Crippen LogP contribution is 2.17. The van der Waals surface area contributed by atoms with Crippen LogP contribution in [0.4, 0.5) is 0 Å². The Morgan fingerprint density at radius 1 is 1.56 bits per heavy atom. The van der Waals surface area contributed by atoms with Crippen LogP contribution in [0.25, 0.3) is 0 Å². The predicted molar refractivity (Wildman–Crippen MR) is 81.5 cm³/mol. The molecule has 1 N–H and O–H groups in total. The van der Waals surface area contributed by atoms with E-state index in [4.69, 9.17) is 0 Å². The molecule has 4 nitrogen and oxygen atoms in total. The van der Waals surface area contributed by atoms with Gasteiger partial charge in [-0.3, -0.25) is 9.69 Å². The summed E-state index contributed by atoms with van der Waals surface area (Å²) in [6, 6.07) is 1.96. The van der Waals surface area contributed by atoms with Crippen LogP contribution in [0.15, 0.2) is 21.0 Å². The van der Waals surface area contributed by atoms with Crippen LogP contribution in [0.5, 0.6) is 0 Å². The Kier molecular flexibility index (Phi) is 5.68. The van der Waals surface area contributed by atoms with Gasteiger partial charge in [0.05, 0.1) is 12.8 Å². The van der Waals surface area contributed by atoms with E-state index in [0.29, 0.717) is 6.54 Å². The van der Waals surface area contributed by atoms with Crippen LogP contribution >= 0.6 is 39.0 Å². The molecule has 1 aliphatic heterocycles. The monoisotopic (exact) mass is 347 g/mol. The third kappa shape index (κ3) is 4.72. The molecular formula is C11H14BrN3OS2. The van der Waals surface area contributed by atoms with Crippen molar-refractivity contribution in [1.82, 2.24) is 10.3 Å². The number of hydrogen-bond acceptors (Lipinski definition) is 5. The molecule has 0 unspecified atom stereocenters. The highest BCUT2D eigenvalue weighted by molar-refractivity contribution is 9.10. The van der Waals surface area contributed by atoms with Gasteiger partial charge in [-0.25, -0.2) is 5.43 Å².